The molecule has 7 nitrogen and oxygen atoms in total. The molecule has 1 aromatic heterocycles. The molecule has 0 aliphatic carbocycles. The van der Waals surface area contributed by atoms with Crippen LogP contribution in [0.3, 0.4) is 0 Å². The lowest BCUT2D eigenvalue weighted by Crippen LogP contribution is -2.48. The maximum Gasteiger partial charge on any atom is 0.416 e. The highest BCUT2D eigenvalue weighted by Crippen LogP contribution is 2.30. The van der Waals surface area contributed by atoms with E-state index in [1.165, 1.54) is 27.9 Å². The number of nitrogens with zero attached hydrogens (tertiary/aromatic N) is 3. The molecular formula is C17H16F3N3O4. The Labute approximate surface area is 151 Å². The number of aromatic nitrogens is 2. The summed E-state index contributed by atoms with van der Waals surface area (Å²) in [6.07, 6.45) is -4.33. The molecule has 1 N–H and O–H groups in total. The number of carbonyl (C=O) groups is 2. The van der Waals surface area contributed by atoms with E-state index in [1.54, 1.807) is 6.92 Å². The van der Waals surface area contributed by atoms with Crippen molar-refractivity contribution < 1.29 is 32.6 Å². The van der Waals surface area contributed by atoms with Gasteiger partial charge in [-0.15, -0.1) is 0 Å². The number of ether oxygens (including phenoxy) is 1. The van der Waals surface area contributed by atoms with E-state index in [2.05, 4.69) is 5.10 Å². The van der Waals surface area contributed by atoms with E-state index in [0.29, 0.717) is 5.69 Å². The number of carboxylic acids is 1. The fraction of sp³-hybridized carbons (Fsp3) is 0.353. The summed E-state index contributed by atoms with van der Waals surface area (Å²) in [4.78, 5) is 25.1. The minimum absolute atomic E-state index is 0.0868. The summed E-state index contributed by atoms with van der Waals surface area (Å²) in [6, 6.07) is 4.62. The highest BCUT2D eigenvalue weighted by Gasteiger charge is 2.32. The van der Waals surface area contributed by atoms with Gasteiger partial charge in [-0.25, -0.2) is 9.48 Å². The number of rotatable bonds is 3. The Bertz CT molecular complexity index is 879. The molecule has 2 aromatic rings. The number of benzene rings is 1. The quantitative estimate of drug-likeness (QED) is 0.878. The second-order valence-electron chi connectivity index (χ2n) is 6.05. The molecular weight excluding hydrogens is 367 g/mol. The van der Waals surface area contributed by atoms with Gasteiger partial charge < -0.3 is 14.7 Å². The van der Waals surface area contributed by atoms with Crippen LogP contribution < -0.4 is 0 Å². The smallest absolute Gasteiger partial charge is 0.416 e. The first-order chi connectivity index (χ1) is 12.7. The summed E-state index contributed by atoms with van der Waals surface area (Å²) in [7, 11) is 0. The Morgan fingerprint density at radius 1 is 1.33 bits per heavy atom. The predicted octanol–water partition coefficient (Wildman–Crippen LogP) is 2.13. The van der Waals surface area contributed by atoms with Gasteiger partial charge in [0.25, 0.3) is 5.91 Å². The third kappa shape index (κ3) is 3.80. The first-order valence-electron chi connectivity index (χ1n) is 8.04. The van der Waals surface area contributed by atoms with E-state index in [-0.39, 0.29) is 30.9 Å². The van der Waals surface area contributed by atoms with Crippen LogP contribution in [0.2, 0.25) is 0 Å². The number of hydrogen-bond donors (Lipinski definition) is 1. The molecule has 27 heavy (non-hydrogen) atoms. The second kappa shape index (κ2) is 7.03. The molecule has 1 saturated heterocycles. The number of aliphatic carboxylic acids is 1. The van der Waals surface area contributed by atoms with Gasteiger partial charge >= 0.3 is 12.1 Å². The van der Waals surface area contributed by atoms with E-state index in [0.717, 1.165) is 12.1 Å². The van der Waals surface area contributed by atoms with Crippen LogP contribution >= 0.6 is 0 Å². The Kier molecular flexibility index (Phi) is 4.92. The van der Waals surface area contributed by atoms with Crippen molar-refractivity contribution in [3.8, 4) is 5.69 Å². The Morgan fingerprint density at radius 3 is 2.74 bits per heavy atom. The third-order valence-corrected chi connectivity index (χ3v) is 4.29. The van der Waals surface area contributed by atoms with Crippen molar-refractivity contribution >= 4 is 11.9 Å². The predicted molar refractivity (Wildman–Crippen MR) is 86.6 cm³/mol. The average Bonchev–Trinajstić information content (AvgIpc) is 3.02. The van der Waals surface area contributed by atoms with Crippen molar-refractivity contribution in [1.82, 2.24) is 14.7 Å². The van der Waals surface area contributed by atoms with E-state index < -0.39 is 29.7 Å². The lowest BCUT2D eigenvalue weighted by atomic mass is 10.1. The summed E-state index contributed by atoms with van der Waals surface area (Å²) >= 11 is 0. The normalized spacial score (nSPS) is 17.8. The van der Waals surface area contributed by atoms with Gasteiger partial charge in [0.1, 0.15) is 0 Å². The molecule has 144 valence electrons. The van der Waals surface area contributed by atoms with Crippen LogP contribution in [0.5, 0.6) is 0 Å². The maximum atomic E-state index is 12.9. The van der Waals surface area contributed by atoms with Crippen molar-refractivity contribution in [1.29, 1.82) is 0 Å². The second-order valence-corrected chi connectivity index (χ2v) is 6.05. The van der Waals surface area contributed by atoms with Gasteiger partial charge in [-0.3, -0.25) is 4.79 Å². The third-order valence-electron chi connectivity index (χ3n) is 4.29. The molecule has 0 spiro atoms. The highest BCUT2D eigenvalue weighted by molar-refractivity contribution is 5.95. The first kappa shape index (κ1) is 18.9. The molecule has 10 heteroatoms. The fourth-order valence-electron chi connectivity index (χ4n) is 2.85. The van der Waals surface area contributed by atoms with Crippen LogP contribution in [0.4, 0.5) is 13.2 Å². The van der Waals surface area contributed by atoms with Gasteiger partial charge in [0.15, 0.2) is 6.10 Å². The Morgan fingerprint density at radius 2 is 2.07 bits per heavy atom. The lowest BCUT2D eigenvalue weighted by Gasteiger charge is -2.30. The highest BCUT2D eigenvalue weighted by atomic mass is 19.4. The number of carbonyl (C=O) groups excluding carboxylic acids is 1. The summed E-state index contributed by atoms with van der Waals surface area (Å²) in [5.41, 5.74) is -0.0943. The number of amides is 1. The van der Waals surface area contributed by atoms with Gasteiger partial charge in [-0.05, 0) is 25.1 Å². The topological polar surface area (TPSA) is 84.7 Å². The summed E-state index contributed by atoms with van der Waals surface area (Å²) in [5, 5.41) is 13.1. The zero-order chi connectivity index (χ0) is 19.8. The molecule has 1 fully saturated rings. The number of halogens is 3. The van der Waals surface area contributed by atoms with Crippen LogP contribution in [0.25, 0.3) is 5.69 Å². The van der Waals surface area contributed by atoms with Crippen LogP contribution in [0.15, 0.2) is 30.5 Å². The van der Waals surface area contributed by atoms with Crippen LogP contribution in [0.1, 0.15) is 21.6 Å². The summed E-state index contributed by atoms with van der Waals surface area (Å²) in [5.74, 6) is -1.61. The average molecular weight is 383 g/mol. The van der Waals surface area contributed by atoms with E-state index in [1.807, 2.05) is 0 Å². The Balaban J connectivity index is 1.87. The minimum Gasteiger partial charge on any atom is -0.479 e. The Hall–Kier alpha value is -2.88. The number of alkyl halides is 3. The standard InChI is InChI=1S/C17H16F3N3O4/c1-10-13(15(24)22-5-6-27-14(9-22)16(25)26)8-21-23(10)12-4-2-3-11(7-12)17(18,19)20/h2-4,7-8,14H,5-6,9H2,1H3,(H,25,26)/t14-/m1/s1. The molecule has 1 aromatic carbocycles. The number of carboxylic acid groups (broad SMARTS) is 1. The van der Waals surface area contributed by atoms with Gasteiger partial charge in [-0.1, -0.05) is 6.07 Å². The fourth-order valence-corrected chi connectivity index (χ4v) is 2.85. The largest absolute Gasteiger partial charge is 0.479 e. The van der Waals surface area contributed by atoms with Crippen molar-refractivity contribution in [2.24, 2.45) is 0 Å². The van der Waals surface area contributed by atoms with Crippen LogP contribution in [0, 0.1) is 6.92 Å². The molecule has 0 bridgehead atoms. The SMILES string of the molecule is Cc1c(C(=O)N2CCO[C@@H](C(=O)O)C2)cnn1-c1cccc(C(F)(F)F)c1. The number of morpholine rings is 1. The maximum absolute atomic E-state index is 12.9. The molecule has 3 rings (SSSR count). The minimum atomic E-state index is -4.49. The molecule has 2 heterocycles. The van der Waals surface area contributed by atoms with E-state index in [4.69, 9.17) is 9.84 Å². The van der Waals surface area contributed by atoms with Crippen LogP contribution in [-0.2, 0) is 15.7 Å². The van der Waals surface area contributed by atoms with Gasteiger partial charge in [0.2, 0.25) is 0 Å². The van der Waals surface area contributed by atoms with E-state index >= 15 is 0 Å². The molecule has 1 amide bonds. The van der Waals surface area contributed by atoms with Crippen molar-refractivity contribution in [2.75, 3.05) is 19.7 Å². The lowest BCUT2D eigenvalue weighted by molar-refractivity contribution is -0.154. The van der Waals surface area contributed by atoms with Gasteiger partial charge in [-0.2, -0.15) is 18.3 Å². The summed E-state index contributed by atoms with van der Waals surface area (Å²) < 4.78 is 45.1. The van der Waals surface area contributed by atoms with E-state index in [9.17, 15) is 22.8 Å². The monoisotopic (exact) mass is 383 g/mol. The zero-order valence-corrected chi connectivity index (χ0v) is 14.2. The molecule has 0 saturated carbocycles. The van der Waals surface area contributed by atoms with Crippen molar-refractivity contribution in [3.63, 3.8) is 0 Å². The molecule has 1 aliphatic heterocycles. The van der Waals surface area contributed by atoms with Crippen molar-refractivity contribution in [2.45, 2.75) is 19.2 Å². The van der Waals surface area contributed by atoms with Crippen molar-refractivity contribution in [3.05, 3.63) is 47.3 Å². The first-order valence-corrected chi connectivity index (χ1v) is 8.04. The zero-order valence-electron chi connectivity index (χ0n) is 14.2. The molecule has 1 aliphatic rings. The summed E-state index contributed by atoms with van der Waals surface area (Å²) in [6.45, 7) is 1.76. The van der Waals surface area contributed by atoms with Crippen LogP contribution in [-0.4, -0.2) is 57.5 Å². The molecule has 0 radical (unpaired) electrons. The van der Waals surface area contributed by atoms with Gasteiger partial charge in [0, 0.05) is 6.54 Å². The molecule has 0 unspecified atom stereocenters. The number of hydrogen-bond acceptors (Lipinski definition) is 4. The molecule has 1 atom stereocenters. The van der Waals surface area contributed by atoms with Gasteiger partial charge in [0.05, 0.1) is 41.9 Å².